The Morgan fingerprint density at radius 3 is 2.57 bits per heavy atom. The summed E-state index contributed by atoms with van der Waals surface area (Å²) in [6.45, 7) is 8.54. The molecular weight excluding hydrogens is 180 g/mol. The molecule has 14 heavy (non-hydrogen) atoms. The first-order valence-electron chi connectivity index (χ1n) is 5.20. The van der Waals surface area contributed by atoms with E-state index in [1.165, 1.54) is 0 Å². The molecule has 1 rings (SSSR count). The van der Waals surface area contributed by atoms with Crippen molar-refractivity contribution in [3.05, 3.63) is 0 Å². The number of piperazine rings is 1. The summed E-state index contributed by atoms with van der Waals surface area (Å²) in [7, 11) is 0. The van der Waals surface area contributed by atoms with E-state index in [4.69, 9.17) is 5.11 Å². The molecule has 1 fully saturated rings. The van der Waals surface area contributed by atoms with Crippen molar-refractivity contribution < 1.29 is 9.90 Å². The number of aliphatic hydroxyl groups excluding tert-OH is 1. The van der Waals surface area contributed by atoms with Gasteiger partial charge in [0, 0.05) is 31.7 Å². The second-order valence-corrected chi connectivity index (χ2v) is 4.18. The van der Waals surface area contributed by atoms with E-state index in [0.29, 0.717) is 6.04 Å². The van der Waals surface area contributed by atoms with Crippen LogP contribution in [0.5, 0.6) is 0 Å². The second-order valence-electron chi connectivity index (χ2n) is 4.18. The second kappa shape index (κ2) is 4.75. The maximum atomic E-state index is 11.3. The van der Waals surface area contributed by atoms with E-state index in [0.717, 1.165) is 19.6 Å². The van der Waals surface area contributed by atoms with Gasteiger partial charge < -0.3 is 10.0 Å². The average Bonchev–Trinajstić information content (AvgIpc) is 2.16. The zero-order chi connectivity index (χ0) is 10.7. The lowest BCUT2D eigenvalue weighted by atomic mass is 10.1. The van der Waals surface area contributed by atoms with Gasteiger partial charge in [-0.2, -0.15) is 0 Å². The third-order valence-electron chi connectivity index (χ3n) is 2.84. The summed E-state index contributed by atoms with van der Waals surface area (Å²) in [6.07, 6.45) is 0. The smallest absolute Gasteiger partial charge is 0.248 e. The van der Waals surface area contributed by atoms with E-state index in [9.17, 15) is 4.79 Å². The van der Waals surface area contributed by atoms with Crippen molar-refractivity contribution in [1.29, 1.82) is 0 Å². The molecule has 1 saturated heterocycles. The topological polar surface area (TPSA) is 43.8 Å². The minimum absolute atomic E-state index is 0.152. The maximum Gasteiger partial charge on any atom is 0.248 e. The van der Waals surface area contributed by atoms with Crippen LogP contribution >= 0.6 is 0 Å². The van der Waals surface area contributed by atoms with Crippen LogP contribution in [-0.2, 0) is 4.79 Å². The molecule has 0 bridgehead atoms. The highest BCUT2D eigenvalue weighted by Gasteiger charge is 2.27. The van der Waals surface area contributed by atoms with Crippen molar-refractivity contribution in [3.63, 3.8) is 0 Å². The average molecular weight is 200 g/mol. The molecule has 0 aromatic rings. The lowest BCUT2D eigenvalue weighted by molar-refractivity contribution is -0.139. The molecule has 0 spiro atoms. The van der Waals surface area contributed by atoms with Gasteiger partial charge in [-0.3, -0.25) is 9.69 Å². The van der Waals surface area contributed by atoms with Crippen molar-refractivity contribution in [2.24, 2.45) is 0 Å². The molecule has 1 heterocycles. The van der Waals surface area contributed by atoms with Crippen LogP contribution in [0, 0.1) is 0 Å². The number of amides is 1. The van der Waals surface area contributed by atoms with Gasteiger partial charge in [0.1, 0.15) is 6.61 Å². The van der Waals surface area contributed by atoms with Crippen LogP contribution in [-0.4, -0.2) is 59.1 Å². The molecule has 0 radical (unpaired) electrons. The molecule has 0 aromatic carbocycles. The Labute approximate surface area is 85.5 Å². The SMILES string of the molecule is CC(C)N1CCN(C(=O)CO)[C@H](C)C1. The van der Waals surface area contributed by atoms with Crippen LogP contribution in [0.4, 0.5) is 0 Å². The zero-order valence-electron chi connectivity index (χ0n) is 9.23. The molecular formula is C10H20N2O2. The predicted molar refractivity (Wildman–Crippen MR) is 55.0 cm³/mol. The molecule has 4 heteroatoms. The monoisotopic (exact) mass is 200 g/mol. The quantitative estimate of drug-likeness (QED) is 0.678. The minimum atomic E-state index is -0.369. The van der Waals surface area contributed by atoms with Crippen molar-refractivity contribution in [1.82, 2.24) is 9.80 Å². The first kappa shape index (κ1) is 11.5. The number of carbonyl (C=O) groups excluding carboxylic acids is 1. The van der Waals surface area contributed by atoms with E-state index in [1.807, 2.05) is 6.92 Å². The van der Waals surface area contributed by atoms with Crippen LogP contribution in [0.15, 0.2) is 0 Å². The third-order valence-corrected chi connectivity index (χ3v) is 2.84. The Morgan fingerprint density at radius 2 is 2.14 bits per heavy atom. The summed E-state index contributed by atoms with van der Waals surface area (Å²) in [6, 6.07) is 0.745. The maximum absolute atomic E-state index is 11.3. The van der Waals surface area contributed by atoms with E-state index in [2.05, 4.69) is 18.7 Å². The van der Waals surface area contributed by atoms with Gasteiger partial charge in [0.05, 0.1) is 0 Å². The van der Waals surface area contributed by atoms with Crippen LogP contribution in [0.25, 0.3) is 0 Å². The van der Waals surface area contributed by atoms with E-state index < -0.39 is 0 Å². The largest absolute Gasteiger partial charge is 0.387 e. The molecule has 0 aromatic heterocycles. The van der Waals surface area contributed by atoms with Gasteiger partial charge in [-0.1, -0.05) is 0 Å². The summed E-state index contributed by atoms with van der Waals surface area (Å²) in [5.74, 6) is -0.152. The summed E-state index contributed by atoms with van der Waals surface area (Å²) in [5, 5.41) is 8.78. The molecule has 1 amide bonds. The van der Waals surface area contributed by atoms with Gasteiger partial charge in [0.25, 0.3) is 0 Å². The van der Waals surface area contributed by atoms with Crippen LogP contribution < -0.4 is 0 Å². The van der Waals surface area contributed by atoms with Gasteiger partial charge in [-0.25, -0.2) is 0 Å². The lowest BCUT2D eigenvalue weighted by Crippen LogP contribution is -2.56. The molecule has 1 atom stereocenters. The van der Waals surface area contributed by atoms with E-state index in [-0.39, 0.29) is 18.6 Å². The predicted octanol–water partition coefficient (Wildman–Crippen LogP) is -0.0802. The zero-order valence-corrected chi connectivity index (χ0v) is 9.23. The van der Waals surface area contributed by atoms with Crippen molar-refractivity contribution >= 4 is 5.91 Å². The number of hydrogen-bond donors (Lipinski definition) is 1. The molecule has 0 saturated carbocycles. The standard InChI is InChI=1S/C10H20N2O2/c1-8(2)11-4-5-12(9(3)6-11)10(14)7-13/h8-9,13H,4-7H2,1-3H3/t9-/m1/s1. The van der Waals surface area contributed by atoms with Gasteiger partial charge >= 0.3 is 0 Å². The molecule has 1 aliphatic rings. The van der Waals surface area contributed by atoms with E-state index in [1.54, 1.807) is 4.90 Å². The number of rotatable bonds is 2. The fraction of sp³-hybridized carbons (Fsp3) is 0.900. The van der Waals surface area contributed by atoms with Gasteiger partial charge in [-0.15, -0.1) is 0 Å². The number of hydrogen-bond acceptors (Lipinski definition) is 3. The molecule has 1 aliphatic heterocycles. The molecule has 82 valence electrons. The number of aliphatic hydroxyl groups is 1. The number of carbonyl (C=O) groups is 1. The Kier molecular flexibility index (Phi) is 3.89. The highest BCUT2D eigenvalue weighted by Crippen LogP contribution is 2.11. The summed E-state index contributed by atoms with van der Waals surface area (Å²) in [4.78, 5) is 15.4. The Hall–Kier alpha value is -0.610. The van der Waals surface area contributed by atoms with Crippen molar-refractivity contribution in [2.75, 3.05) is 26.2 Å². The highest BCUT2D eigenvalue weighted by molar-refractivity contribution is 5.77. The van der Waals surface area contributed by atoms with Crippen LogP contribution in [0.2, 0.25) is 0 Å². The molecule has 1 N–H and O–H groups in total. The Balaban J connectivity index is 2.51. The van der Waals surface area contributed by atoms with Crippen LogP contribution in [0.1, 0.15) is 20.8 Å². The summed E-state index contributed by atoms with van der Waals surface area (Å²) >= 11 is 0. The lowest BCUT2D eigenvalue weighted by Gasteiger charge is -2.41. The molecule has 0 aliphatic carbocycles. The Morgan fingerprint density at radius 1 is 1.50 bits per heavy atom. The first-order valence-corrected chi connectivity index (χ1v) is 5.20. The minimum Gasteiger partial charge on any atom is -0.387 e. The third kappa shape index (κ3) is 2.45. The van der Waals surface area contributed by atoms with Crippen molar-refractivity contribution in [3.8, 4) is 0 Å². The number of nitrogens with zero attached hydrogens (tertiary/aromatic N) is 2. The van der Waals surface area contributed by atoms with E-state index >= 15 is 0 Å². The van der Waals surface area contributed by atoms with Gasteiger partial charge in [0.2, 0.25) is 5.91 Å². The molecule has 0 unspecified atom stereocenters. The van der Waals surface area contributed by atoms with Gasteiger partial charge in [0.15, 0.2) is 0 Å². The fourth-order valence-electron chi connectivity index (χ4n) is 1.92. The molecule has 4 nitrogen and oxygen atoms in total. The summed E-state index contributed by atoms with van der Waals surface area (Å²) in [5.41, 5.74) is 0. The van der Waals surface area contributed by atoms with Crippen LogP contribution in [0.3, 0.4) is 0 Å². The van der Waals surface area contributed by atoms with Crippen molar-refractivity contribution in [2.45, 2.75) is 32.9 Å². The fourth-order valence-corrected chi connectivity index (χ4v) is 1.92. The normalized spacial score (nSPS) is 24.4. The summed E-state index contributed by atoms with van der Waals surface area (Å²) < 4.78 is 0. The highest BCUT2D eigenvalue weighted by atomic mass is 16.3. The Bertz CT molecular complexity index is 206. The van der Waals surface area contributed by atoms with Gasteiger partial charge in [-0.05, 0) is 20.8 Å². The first-order chi connectivity index (χ1) is 6.56.